The standard InChI is InChI=1S/C15H22N6O2/c1-19(2)15-16-5-11(6-17-15)18-14(23)10-4-13(22)21(7-10)12-8-20(3)9-12/h5-6,10,12H,4,7-9H2,1-3H3,(H,18,23). The van der Waals surface area contributed by atoms with Crippen molar-refractivity contribution in [1.82, 2.24) is 19.8 Å². The lowest BCUT2D eigenvalue weighted by Gasteiger charge is -2.42. The molecule has 0 aromatic carbocycles. The molecule has 124 valence electrons. The van der Waals surface area contributed by atoms with Crippen molar-refractivity contribution in [2.24, 2.45) is 5.92 Å². The summed E-state index contributed by atoms with van der Waals surface area (Å²) in [6.45, 7) is 2.28. The minimum Gasteiger partial charge on any atom is -0.347 e. The van der Waals surface area contributed by atoms with Gasteiger partial charge in [-0.15, -0.1) is 0 Å². The maximum atomic E-state index is 12.4. The van der Waals surface area contributed by atoms with Gasteiger partial charge in [0.25, 0.3) is 0 Å². The van der Waals surface area contributed by atoms with Crippen LogP contribution in [-0.2, 0) is 9.59 Å². The summed E-state index contributed by atoms with van der Waals surface area (Å²) in [4.78, 5) is 38.6. The van der Waals surface area contributed by atoms with Gasteiger partial charge in [0.1, 0.15) is 0 Å². The number of nitrogens with zero attached hydrogens (tertiary/aromatic N) is 5. The third-order valence-electron chi connectivity index (χ3n) is 4.32. The van der Waals surface area contributed by atoms with E-state index in [0.29, 0.717) is 18.2 Å². The van der Waals surface area contributed by atoms with Crippen molar-refractivity contribution in [1.29, 1.82) is 0 Å². The maximum absolute atomic E-state index is 12.4. The smallest absolute Gasteiger partial charge is 0.229 e. The molecule has 0 aliphatic carbocycles. The highest BCUT2D eigenvalue weighted by Gasteiger charge is 2.41. The summed E-state index contributed by atoms with van der Waals surface area (Å²) in [7, 11) is 5.73. The molecule has 0 radical (unpaired) electrons. The van der Waals surface area contributed by atoms with E-state index in [2.05, 4.69) is 20.2 Å². The second-order valence-electron chi connectivity index (χ2n) is 6.48. The Morgan fingerprint density at radius 2 is 1.91 bits per heavy atom. The molecule has 1 unspecified atom stereocenters. The number of hydrogen-bond acceptors (Lipinski definition) is 6. The summed E-state index contributed by atoms with van der Waals surface area (Å²) in [5.41, 5.74) is 0.551. The van der Waals surface area contributed by atoms with Gasteiger partial charge in [-0.3, -0.25) is 9.59 Å². The third-order valence-corrected chi connectivity index (χ3v) is 4.32. The van der Waals surface area contributed by atoms with Crippen LogP contribution >= 0.6 is 0 Å². The first kappa shape index (κ1) is 15.7. The minimum atomic E-state index is -0.304. The fraction of sp³-hybridized carbons (Fsp3) is 0.600. The first-order valence-corrected chi connectivity index (χ1v) is 7.72. The van der Waals surface area contributed by atoms with Gasteiger partial charge in [0.05, 0.1) is 30.0 Å². The summed E-state index contributed by atoms with van der Waals surface area (Å²) in [6.07, 6.45) is 3.44. The molecule has 0 bridgehead atoms. The predicted molar refractivity (Wildman–Crippen MR) is 86.1 cm³/mol. The van der Waals surface area contributed by atoms with Crippen molar-refractivity contribution in [2.45, 2.75) is 12.5 Å². The molecule has 1 atom stereocenters. The molecule has 3 rings (SSSR count). The largest absolute Gasteiger partial charge is 0.347 e. The number of carbonyl (C=O) groups is 2. The van der Waals surface area contributed by atoms with E-state index in [1.54, 1.807) is 17.3 Å². The highest BCUT2D eigenvalue weighted by Crippen LogP contribution is 2.25. The zero-order chi connectivity index (χ0) is 16.6. The summed E-state index contributed by atoms with van der Waals surface area (Å²) >= 11 is 0. The van der Waals surface area contributed by atoms with Crippen LogP contribution in [0.2, 0.25) is 0 Å². The van der Waals surface area contributed by atoms with Crippen LogP contribution in [-0.4, -0.2) is 78.4 Å². The SMILES string of the molecule is CN1CC(N2CC(C(=O)Nc3cnc(N(C)C)nc3)CC2=O)C1. The monoisotopic (exact) mass is 318 g/mol. The second kappa shape index (κ2) is 6.11. The number of nitrogens with one attached hydrogen (secondary N) is 1. The van der Waals surface area contributed by atoms with Crippen LogP contribution in [0.3, 0.4) is 0 Å². The average molecular weight is 318 g/mol. The molecule has 1 aromatic rings. The molecular formula is C15H22N6O2. The zero-order valence-electron chi connectivity index (χ0n) is 13.7. The fourth-order valence-corrected chi connectivity index (χ4v) is 2.98. The average Bonchev–Trinajstić information content (AvgIpc) is 2.86. The summed E-state index contributed by atoms with van der Waals surface area (Å²) in [6, 6.07) is 0.257. The molecular weight excluding hydrogens is 296 g/mol. The van der Waals surface area contributed by atoms with E-state index in [1.165, 1.54) is 0 Å². The Morgan fingerprint density at radius 3 is 2.48 bits per heavy atom. The first-order valence-electron chi connectivity index (χ1n) is 7.72. The summed E-state index contributed by atoms with van der Waals surface area (Å²) in [5, 5.41) is 2.80. The van der Waals surface area contributed by atoms with Crippen LogP contribution in [0.1, 0.15) is 6.42 Å². The number of aromatic nitrogens is 2. The van der Waals surface area contributed by atoms with Gasteiger partial charge in [0.15, 0.2) is 0 Å². The van der Waals surface area contributed by atoms with Crippen LogP contribution in [0.4, 0.5) is 11.6 Å². The molecule has 0 spiro atoms. The summed E-state index contributed by atoms with van der Waals surface area (Å²) < 4.78 is 0. The molecule has 23 heavy (non-hydrogen) atoms. The Balaban J connectivity index is 1.57. The Labute approximate surface area is 135 Å². The number of anilines is 2. The van der Waals surface area contributed by atoms with Gasteiger partial charge in [-0.05, 0) is 7.05 Å². The Hall–Kier alpha value is -2.22. The van der Waals surface area contributed by atoms with Gasteiger partial charge in [-0.1, -0.05) is 0 Å². The molecule has 3 heterocycles. The molecule has 2 amide bonds. The normalized spacial score (nSPS) is 22.1. The van der Waals surface area contributed by atoms with Gasteiger partial charge in [-0.25, -0.2) is 9.97 Å². The number of amides is 2. The highest BCUT2D eigenvalue weighted by atomic mass is 16.2. The molecule has 2 saturated heterocycles. The highest BCUT2D eigenvalue weighted by molar-refractivity contribution is 5.97. The van der Waals surface area contributed by atoms with Crippen LogP contribution in [0.5, 0.6) is 0 Å². The molecule has 0 saturated carbocycles. The number of likely N-dealkylation sites (N-methyl/N-ethyl adjacent to an activating group) is 1. The van der Waals surface area contributed by atoms with Crippen molar-refractivity contribution in [3.63, 3.8) is 0 Å². The van der Waals surface area contributed by atoms with Crippen molar-refractivity contribution in [2.75, 3.05) is 51.0 Å². The topological polar surface area (TPSA) is 81.7 Å². The van der Waals surface area contributed by atoms with Crippen molar-refractivity contribution < 1.29 is 9.59 Å². The maximum Gasteiger partial charge on any atom is 0.229 e. The van der Waals surface area contributed by atoms with E-state index < -0.39 is 0 Å². The van der Waals surface area contributed by atoms with E-state index in [0.717, 1.165) is 13.1 Å². The molecule has 8 nitrogen and oxygen atoms in total. The van der Waals surface area contributed by atoms with Crippen molar-refractivity contribution >= 4 is 23.5 Å². The molecule has 1 aromatic heterocycles. The van der Waals surface area contributed by atoms with Gasteiger partial charge < -0.3 is 20.0 Å². The summed E-state index contributed by atoms with van der Waals surface area (Å²) in [5.74, 6) is 0.207. The van der Waals surface area contributed by atoms with Crippen LogP contribution in [0, 0.1) is 5.92 Å². The van der Waals surface area contributed by atoms with Crippen LogP contribution in [0.15, 0.2) is 12.4 Å². The van der Waals surface area contributed by atoms with Crippen molar-refractivity contribution in [3.05, 3.63) is 12.4 Å². The van der Waals surface area contributed by atoms with Gasteiger partial charge >= 0.3 is 0 Å². The second-order valence-corrected chi connectivity index (χ2v) is 6.48. The Bertz CT molecular complexity index is 596. The number of hydrogen-bond donors (Lipinski definition) is 1. The van der Waals surface area contributed by atoms with Crippen LogP contribution < -0.4 is 10.2 Å². The predicted octanol–water partition coefficient (Wildman–Crippen LogP) is -0.356. The number of likely N-dealkylation sites (tertiary alicyclic amines) is 2. The lowest BCUT2D eigenvalue weighted by Crippen LogP contribution is -2.58. The van der Waals surface area contributed by atoms with Gasteiger partial charge in [0.2, 0.25) is 17.8 Å². The van der Waals surface area contributed by atoms with E-state index >= 15 is 0 Å². The van der Waals surface area contributed by atoms with E-state index in [9.17, 15) is 9.59 Å². The molecule has 2 fully saturated rings. The first-order chi connectivity index (χ1) is 10.9. The molecule has 2 aliphatic rings. The zero-order valence-corrected chi connectivity index (χ0v) is 13.7. The van der Waals surface area contributed by atoms with Gasteiger partial charge in [0, 0.05) is 40.2 Å². The lowest BCUT2D eigenvalue weighted by molar-refractivity contribution is -0.132. The van der Waals surface area contributed by atoms with Crippen LogP contribution in [0.25, 0.3) is 0 Å². The third kappa shape index (κ3) is 3.26. The quantitative estimate of drug-likeness (QED) is 0.817. The fourth-order valence-electron chi connectivity index (χ4n) is 2.98. The minimum absolute atomic E-state index is 0.0717. The van der Waals surface area contributed by atoms with E-state index in [1.807, 2.05) is 26.0 Å². The van der Waals surface area contributed by atoms with Crippen molar-refractivity contribution in [3.8, 4) is 0 Å². The number of rotatable bonds is 4. The van der Waals surface area contributed by atoms with Gasteiger partial charge in [-0.2, -0.15) is 0 Å². The molecule has 1 N–H and O–H groups in total. The Kier molecular flexibility index (Phi) is 4.16. The number of carbonyl (C=O) groups excluding carboxylic acids is 2. The Morgan fingerprint density at radius 1 is 1.26 bits per heavy atom. The van der Waals surface area contributed by atoms with E-state index in [4.69, 9.17) is 0 Å². The molecule has 8 heteroatoms. The van der Waals surface area contributed by atoms with E-state index in [-0.39, 0.29) is 30.2 Å². The molecule has 2 aliphatic heterocycles. The lowest BCUT2D eigenvalue weighted by atomic mass is 10.1.